The van der Waals surface area contributed by atoms with E-state index < -0.39 is 0 Å². The van der Waals surface area contributed by atoms with Crippen LogP contribution in [0.25, 0.3) is 11.0 Å². The monoisotopic (exact) mass is 289 g/mol. The Morgan fingerprint density at radius 3 is 2.64 bits per heavy atom. The van der Waals surface area contributed by atoms with Crippen molar-refractivity contribution in [1.29, 1.82) is 5.26 Å². The van der Waals surface area contributed by atoms with Crippen LogP contribution >= 0.6 is 0 Å². The fourth-order valence-electron chi connectivity index (χ4n) is 2.80. The predicted molar refractivity (Wildman–Crippen MR) is 88.8 cm³/mol. The lowest BCUT2D eigenvalue weighted by molar-refractivity contribution is 0.752. The molecule has 1 heterocycles. The molecule has 0 unspecified atom stereocenters. The fourth-order valence-corrected chi connectivity index (χ4v) is 2.80. The van der Waals surface area contributed by atoms with Crippen molar-refractivity contribution >= 4 is 11.0 Å². The molecule has 3 nitrogen and oxygen atoms in total. The predicted octanol–water partition coefficient (Wildman–Crippen LogP) is 4.14. The zero-order chi connectivity index (χ0) is 15.7. The molecule has 110 valence electrons. The van der Waals surface area contributed by atoms with Gasteiger partial charge in [-0.1, -0.05) is 19.1 Å². The average Bonchev–Trinajstić information content (AvgIpc) is 2.85. The number of aromatic nitrogens is 2. The Bertz CT molecular complexity index is 882. The molecule has 0 amide bonds. The summed E-state index contributed by atoms with van der Waals surface area (Å²) in [5, 5.41) is 9.06. The highest BCUT2D eigenvalue weighted by molar-refractivity contribution is 5.78. The van der Waals surface area contributed by atoms with Gasteiger partial charge in [0.15, 0.2) is 0 Å². The van der Waals surface area contributed by atoms with E-state index >= 15 is 0 Å². The smallest absolute Gasteiger partial charge is 0.109 e. The highest BCUT2D eigenvalue weighted by Gasteiger charge is 2.11. The van der Waals surface area contributed by atoms with E-state index in [0.717, 1.165) is 29.9 Å². The van der Waals surface area contributed by atoms with Gasteiger partial charge in [-0.3, -0.25) is 0 Å². The average molecular weight is 289 g/mol. The Morgan fingerprint density at radius 1 is 1.14 bits per heavy atom. The number of nitriles is 1. The van der Waals surface area contributed by atoms with E-state index in [1.165, 1.54) is 16.6 Å². The number of fused-ring (bicyclic) bond motifs is 1. The molecule has 0 aliphatic heterocycles. The highest BCUT2D eigenvalue weighted by Crippen LogP contribution is 2.22. The van der Waals surface area contributed by atoms with Crippen molar-refractivity contribution in [1.82, 2.24) is 9.55 Å². The van der Waals surface area contributed by atoms with Gasteiger partial charge in [-0.15, -0.1) is 0 Å². The van der Waals surface area contributed by atoms with Crippen LogP contribution < -0.4 is 0 Å². The Kier molecular flexibility index (Phi) is 3.68. The zero-order valence-corrected chi connectivity index (χ0v) is 13.2. The summed E-state index contributed by atoms with van der Waals surface area (Å²) < 4.78 is 2.26. The third kappa shape index (κ3) is 2.48. The van der Waals surface area contributed by atoms with Crippen LogP contribution in [-0.4, -0.2) is 9.55 Å². The summed E-state index contributed by atoms with van der Waals surface area (Å²) in [4.78, 5) is 4.77. The fraction of sp³-hybridized carbons (Fsp3) is 0.263. The second-order valence-corrected chi connectivity index (χ2v) is 5.71. The van der Waals surface area contributed by atoms with Crippen LogP contribution in [0.4, 0.5) is 0 Å². The molecule has 0 N–H and O–H groups in total. The van der Waals surface area contributed by atoms with Gasteiger partial charge in [0.1, 0.15) is 5.82 Å². The Hall–Kier alpha value is -2.60. The van der Waals surface area contributed by atoms with Crippen molar-refractivity contribution in [2.24, 2.45) is 0 Å². The van der Waals surface area contributed by atoms with E-state index in [2.05, 4.69) is 49.6 Å². The van der Waals surface area contributed by atoms with Crippen LogP contribution in [0.1, 0.15) is 35.0 Å². The van der Waals surface area contributed by atoms with Gasteiger partial charge >= 0.3 is 0 Å². The molecule has 0 spiro atoms. The second kappa shape index (κ2) is 5.65. The summed E-state index contributed by atoms with van der Waals surface area (Å²) in [5.74, 6) is 1.09. The summed E-state index contributed by atoms with van der Waals surface area (Å²) in [6.07, 6.45) is 0.894. The van der Waals surface area contributed by atoms with Gasteiger partial charge in [-0.2, -0.15) is 5.26 Å². The van der Waals surface area contributed by atoms with Crippen molar-refractivity contribution in [2.75, 3.05) is 0 Å². The number of nitrogens with zero attached hydrogens (tertiary/aromatic N) is 3. The number of hydrogen-bond acceptors (Lipinski definition) is 2. The Balaban J connectivity index is 2.12. The molecule has 0 bridgehead atoms. The number of imidazole rings is 1. The molecule has 0 aliphatic rings. The molecule has 0 fully saturated rings. The SMILES string of the molecule is CCc1nc2cc(C)c(C)cc2n1Cc1cccc(C#N)c1. The Labute approximate surface area is 130 Å². The van der Waals surface area contributed by atoms with E-state index in [0.29, 0.717) is 5.56 Å². The first-order valence-electron chi connectivity index (χ1n) is 7.57. The van der Waals surface area contributed by atoms with Crippen LogP contribution in [0.5, 0.6) is 0 Å². The first kappa shape index (κ1) is 14.3. The maximum atomic E-state index is 9.06. The van der Waals surface area contributed by atoms with Crippen LogP contribution in [0.15, 0.2) is 36.4 Å². The van der Waals surface area contributed by atoms with E-state index in [-0.39, 0.29) is 0 Å². The minimum atomic E-state index is 0.701. The number of benzene rings is 2. The van der Waals surface area contributed by atoms with Gasteiger partial charge in [-0.05, 0) is 54.8 Å². The molecular weight excluding hydrogens is 270 g/mol. The molecule has 22 heavy (non-hydrogen) atoms. The summed E-state index contributed by atoms with van der Waals surface area (Å²) in [6.45, 7) is 7.13. The lowest BCUT2D eigenvalue weighted by atomic mass is 10.1. The van der Waals surface area contributed by atoms with Gasteiger partial charge in [0, 0.05) is 13.0 Å². The minimum Gasteiger partial charge on any atom is -0.323 e. The van der Waals surface area contributed by atoms with Gasteiger partial charge in [0.25, 0.3) is 0 Å². The molecule has 3 aromatic rings. The van der Waals surface area contributed by atoms with Gasteiger partial charge in [0.2, 0.25) is 0 Å². The molecule has 3 heteroatoms. The molecule has 0 saturated carbocycles. The molecule has 0 saturated heterocycles. The van der Waals surface area contributed by atoms with Crippen LogP contribution in [0.2, 0.25) is 0 Å². The van der Waals surface area contributed by atoms with E-state index in [9.17, 15) is 0 Å². The van der Waals surface area contributed by atoms with E-state index in [1.807, 2.05) is 18.2 Å². The zero-order valence-electron chi connectivity index (χ0n) is 13.2. The standard InChI is InChI=1S/C19H19N3/c1-4-19-21-17-8-13(2)14(3)9-18(17)22(19)12-16-7-5-6-15(10-16)11-20/h5-10H,4,12H2,1-3H3. The minimum absolute atomic E-state index is 0.701. The normalized spacial score (nSPS) is 10.8. The van der Waals surface area contributed by atoms with Gasteiger partial charge in [0.05, 0.1) is 22.7 Å². The summed E-state index contributed by atoms with van der Waals surface area (Å²) >= 11 is 0. The maximum absolute atomic E-state index is 9.06. The van der Waals surface area contributed by atoms with Crippen molar-refractivity contribution in [3.8, 4) is 6.07 Å². The summed E-state index contributed by atoms with van der Waals surface area (Å²) in [5.41, 5.74) is 6.60. The topological polar surface area (TPSA) is 41.6 Å². The first-order chi connectivity index (χ1) is 10.6. The van der Waals surface area contributed by atoms with Crippen LogP contribution in [0.3, 0.4) is 0 Å². The largest absolute Gasteiger partial charge is 0.323 e. The third-order valence-corrected chi connectivity index (χ3v) is 4.16. The lowest BCUT2D eigenvalue weighted by Gasteiger charge is -2.09. The molecule has 3 rings (SSSR count). The van der Waals surface area contributed by atoms with Crippen molar-refractivity contribution in [3.05, 3.63) is 64.5 Å². The maximum Gasteiger partial charge on any atom is 0.109 e. The van der Waals surface area contributed by atoms with Crippen molar-refractivity contribution in [2.45, 2.75) is 33.7 Å². The molecule has 2 aromatic carbocycles. The summed E-state index contributed by atoms with van der Waals surface area (Å²) in [7, 11) is 0. The highest BCUT2D eigenvalue weighted by atomic mass is 15.1. The van der Waals surface area contributed by atoms with Gasteiger partial charge in [-0.25, -0.2) is 4.98 Å². The quantitative estimate of drug-likeness (QED) is 0.727. The molecule has 0 aliphatic carbocycles. The molecule has 1 aromatic heterocycles. The van der Waals surface area contributed by atoms with Gasteiger partial charge < -0.3 is 4.57 Å². The van der Waals surface area contributed by atoms with E-state index in [4.69, 9.17) is 10.2 Å². The second-order valence-electron chi connectivity index (χ2n) is 5.71. The number of aryl methyl sites for hydroxylation is 3. The number of hydrogen-bond donors (Lipinski definition) is 0. The van der Waals surface area contributed by atoms with Crippen LogP contribution in [-0.2, 0) is 13.0 Å². The van der Waals surface area contributed by atoms with Crippen molar-refractivity contribution in [3.63, 3.8) is 0 Å². The van der Waals surface area contributed by atoms with E-state index in [1.54, 1.807) is 0 Å². The third-order valence-electron chi connectivity index (χ3n) is 4.16. The lowest BCUT2D eigenvalue weighted by Crippen LogP contribution is -2.04. The Morgan fingerprint density at radius 2 is 1.91 bits per heavy atom. The first-order valence-corrected chi connectivity index (χ1v) is 7.57. The molecule has 0 atom stereocenters. The molecule has 0 radical (unpaired) electrons. The van der Waals surface area contributed by atoms with Crippen molar-refractivity contribution < 1.29 is 0 Å². The van der Waals surface area contributed by atoms with Crippen LogP contribution in [0, 0.1) is 25.2 Å². The summed E-state index contributed by atoms with van der Waals surface area (Å²) in [6, 6.07) is 14.4. The molecular formula is C19H19N3. The number of rotatable bonds is 3.